The molecule has 1 unspecified atom stereocenters. The van der Waals surface area contributed by atoms with Crippen molar-refractivity contribution in [2.45, 2.75) is 19.9 Å². The third-order valence-corrected chi connectivity index (χ3v) is 4.24. The van der Waals surface area contributed by atoms with Crippen LogP contribution in [0, 0.1) is 6.92 Å². The Balaban J connectivity index is 2.87. The second-order valence-corrected chi connectivity index (χ2v) is 4.89. The Morgan fingerprint density at radius 1 is 1.69 bits per heavy atom. The maximum absolute atomic E-state index is 11.7. The summed E-state index contributed by atoms with van der Waals surface area (Å²) in [7, 11) is 0. The van der Waals surface area contributed by atoms with Gasteiger partial charge in [0.15, 0.2) is 0 Å². The standard InChI is InChI=1S/C10H13Br2N3O/c1-4-5-13-10(16)7(3)15-6(2)8(11)9(12)14-15/h4,7H,1,5H2,2-3H3,(H,13,16). The van der Waals surface area contributed by atoms with Crippen molar-refractivity contribution in [1.82, 2.24) is 15.1 Å². The van der Waals surface area contributed by atoms with Crippen LogP contribution in [0.1, 0.15) is 18.7 Å². The lowest BCUT2D eigenvalue weighted by molar-refractivity contribution is -0.123. The minimum absolute atomic E-state index is 0.0782. The van der Waals surface area contributed by atoms with Crippen LogP contribution in [0.2, 0.25) is 0 Å². The summed E-state index contributed by atoms with van der Waals surface area (Å²) in [5.74, 6) is -0.0782. The number of rotatable bonds is 4. The molecule has 0 saturated carbocycles. The molecule has 0 spiro atoms. The fourth-order valence-corrected chi connectivity index (χ4v) is 1.99. The number of hydrogen-bond donors (Lipinski definition) is 1. The van der Waals surface area contributed by atoms with Crippen LogP contribution in [0.25, 0.3) is 0 Å². The number of nitrogens with zero attached hydrogens (tertiary/aromatic N) is 2. The molecule has 4 nitrogen and oxygen atoms in total. The molecule has 0 aliphatic carbocycles. The van der Waals surface area contributed by atoms with Crippen molar-refractivity contribution in [2.75, 3.05) is 6.54 Å². The lowest BCUT2D eigenvalue weighted by Gasteiger charge is -2.13. The van der Waals surface area contributed by atoms with Gasteiger partial charge >= 0.3 is 0 Å². The first kappa shape index (κ1) is 13.4. The molecule has 1 heterocycles. The van der Waals surface area contributed by atoms with Crippen molar-refractivity contribution in [3.8, 4) is 0 Å². The highest BCUT2D eigenvalue weighted by Gasteiger charge is 2.19. The minimum Gasteiger partial charge on any atom is -0.351 e. The summed E-state index contributed by atoms with van der Waals surface area (Å²) in [5, 5.41) is 6.98. The Labute approximate surface area is 111 Å². The van der Waals surface area contributed by atoms with Crippen molar-refractivity contribution < 1.29 is 4.79 Å². The Hall–Kier alpha value is -0.620. The molecule has 1 atom stereocenters. The van der Waals surface area contributed by atoms with E-state index in [1.807, 2.05) is 6.92 Å². The van der Waals surface area contributed by atoms with Gasteiger partial charge in [0.05, 0.1) is 10.2 Å². The summed E-state index contributed by atoms with van der Waals surface area (Å²) in [6, 6.07) is -0.345. The molecule has 16 heavy (non-hydrogen) atoms. The second-order valence-electron chi connectivity index (χ2n) is 3.34. The van der Waals surface area contributed by atoms with E-state index in [4.69, 9.17) is 0 Å². The average molecular weight is 351 g/mol. The number of halogens is 2. The van der Waals surface area contributed by atoms with E-state index >= 15 is 0 Å². The molecule has 0 bridgehead atoms. The second kappa shape index (κ2) is 5.63. The lowest BCUT2D eigenvalue weighted by atomic mass is 10.3. The number of carbonyl (C=O) groups is 1. The highest BCUT2D eigenvalue weighted by atomic mass is 79.9. The lowest BCUT2D eigenvalue weighted by Crippen LogP contribution is -2.31. The molecular formula is C10H13Br2N3O. The van der Waals surface area contributed by atoms with E-state index in [1.54, 1.807) is 17.7 Å². The molecule has 1 N–H and O–H groups in total. The molecule has 1 rings (SSSR count). The minimum atomic E-state index is -0.345. The Bertz CT molecular complexity index is 414. The molecule has 0 saturated heterocycles. The smallest absolute Gasteiger partial charge is 0.244 e. The van der Waals surface area contributed by atoms with Crippen molar-refractivity contribution in [3.63, 3.8) is 0 Å². The molecule has 0 aliphatic heterocycles. The molecule has 0 radical (unpaired) electrons. The van der Waals surface area contributed by atoms with Crippen LogP contribution in [0.5, 0.6) is 0 Å². The van der Waals surface area contributed by atoms with E-state index in [1.165, 1.54) is 0 Å². The number of hydrogen-bond acceptors (Lipinski definition) is 2. The molecule has 0 fully saturated rings. The van der Waals surface area contributed by atoms with Gasteiger partial charge in [0.1, 0.15) is 10.6 Å². The Kier molecular flexibility index (Phi) is 4.73. The molecule has 1 aromatic heterocycles. The fraction of sp³-hybridized carbons (Fsp3) is 0.400. The van der Waals surface area contributed by atoms with Gasteiger partial charge in [0.25, 0.3) is 0 Å². The van der Waals surface area contributed by atoms with Crippen LogP contribution in [0.3, 0.4) is 0 Å². The van der Waals surface area contributed by atoms with E-state index in [-0.39, 0.29) is 11.9 Å². The monoisotopic (exact) mass is 349 g/mol. The SMILES string of the molecule is C=CCNC(=O)C(C)n1nc(Br)c(Br)c1C. The molecule has 0 aromatic carbocycles. The van der Waals surface area contributed by atoms with Crippen molar-refractivity contribution in [1.29, 1.82) is 0 Å². The van der Waals surface area contributed by atoms with Gasteiger partial charge in [0.2, 0.25) is 5.91 Å². The molecule has 1 aromatic rings. The van der Waals surface area contributed by atoms with Gasteiger partial charge in [-0.1, -0.05) is 6.08 Å². The number of aromatic nitrogens is 2. The first-order valence-electron chi connectivity index (χ1n) is 4.77. The van der Waals surface area contributed by atoms with Crippen LogP contribution in [0.4, 0.5) is 0 Å². The average Bonchev–Trinajstić information content (AvgIpc) is 2.52. The van der Waals surface area contributed by atoms with Crippen molar-refractivity contribution in [3.05, 3.63) is 27.4 Å². The Morgan fingerprint density at radius 2 is 2.31 bits per heavy atom. The zero-order chi connectivity index (χ0) is 12.3. The fourth-order valence-electron chi connectivity index (χ4n) is 1.27. The van der Waals surface area contributed by atoms with Gasteiger partial charge in [0, 0.05) is 6.54 Å². The summed E-state index contributed by atoms with van der Waals surface area (Å²) in [6.45, 7) is 7.72. The van der Waals surface area contributed by atoms with E-state index in [9.17, 15) is 4.79 Å². The number of nitrogens with one attached hydrogen (secondary N) is 1. The van der Waals surface area contributed by atoms with Gasteiger partial charge in [-0.05, 0) is 45.7 Å². The van der Waals surface area contributed by atoms with Gasteiger partial charge < -0.3 is 5.32 Å². The van der Waals surface area contributed by atoms with Crippen LogP contribution in [-0.2, 0) is 4.79 Å². The number of amides is 1. The molecular weight excluding hydrogens is 338 g/mol. The van der Waals surface area contributed by atoms with Gasteiger partial charge in [-0.2, -0.15) is 5.10 Å². The summed E-state index contributed by atoms with van der Waals surface area (Å²) >= 11 is 6.70. The van der Waals surface area contributed by atoms with Gasteiger partial charge in [-0.25, -0.2) is 0 Å². The van der Waals surface area contributed by atoms with Crippen molar-refractivity contribution >= 4 is 37.8 Å². The highest BCUT2D eigenvalue weighted by Crippen LogP contribution is 2.27. The van der Waals surface area contributed by atoms with E-state index < -0.39 is 0 Å². The summed E-state index contributed by atoms with van der Waals surface area (Å²) in [4.78, 5) is 11.7. The zero-order valence-electron chi connectivity index (χ0n) is 9.13. The normalized spacial score (nSPS) is 12.2. The quantitative estimate of drug-likeness (QED) is 0.848. The first-order chi connectivity index (χ1) is 7.49. The van der Waals surface area contributed by atoms with Crippen LogP contribution >= 0.6 is 31.9 Å². The van der Waals surface area contributed by atoms with E-state index in [0.29, 0.717) is 11.1 Å². The van der Waals surface area contributed by atoms with E-state index in [2.05, 4.69) is 48.9 Å². The predicted molar refractivity (Wildman–Crippen MR) is 70.3 cm³/mol. The molecule has 0 aliphatic rings. The topological polar surface area (TPSA) is 46.9 Å². The summed E-state index contributed by atoms with van der Waals surface area (Å²) < 4.78 is 3.25. The molecule has 6 heteroatoms. The number of carbonyl (C=O) groups excluding carboxylic acids is 1. The van der Waals surface area contributed by atoms with Crippen LogP contribution in [-0.4, -0.2) is 22.2 Å². The molecule has 1 amide bonds. The van der Waals surface area contributed by atoms with Gasteiger partial charge in [-0.15, -0.1) is 6.58 Å². The Morgan fingerprint density at radius 3 is 2.75 bits per heavy atom. The largest absolute Gasteiger partial charge is 0.351 e. The zero-order valence-corrected chi connectivity index (χ0v) is 12.3. The van der Waals surface area contributed by atoms with Gasteiger partial charge in [-0.3, -0.25) is 9.48 Å². The first-order valence-corrected chi connectivity index (χ1v) is 6.36. The molecule has 88 valence electrons. The highest BCUT2D eigenvalue weighted by molar-refractivity contribution is 9.13. The van der Waals surface area contributed by atoms with Crippen LogP contribution < -0.4 is 5.32 Å². The maximum Gasteiger partial charge on any atom is 0.244 e. The summed E-state index contributed by atoms with van der Waals surface area (Å²) in [6.07, 6.45) is 1.65. The predicted octanol–water partition coefficient (Wildman–Crippen LogP) is 2.58. The summed E-state index contributed by atoms with van der Waals surface area (Å²) in [5.41, 5.74) is 0.910. The van der Waals surface area contributed by atoms with Crippen LogP contribution in [0.15, 0.2) is 21.7 Å². The van der Waals surface area contributed by atoms with E-state index in [0.717, 1.165) is 10.2 Å². The maximum atomic E-state index is 11.7. The van der Waals surface area contributed by atoms with Crippen molar-refractivity contribution in [2.24, 2.45) is 0 Å². The third-order valence-electron chi connectivity index (χ3n) is 2.20. The third kappa shape index (κ3) is 2.74.